The molecule has 96 valence electrons. The lowest BCUT2D eigenvalue weighted by Crippen LogP contribution is -2.07. The van der Waals surface area contributed by atoms with E-state index in [1.54, 1.807) is 6.07 Å². The first-order chi connectivity index (χ1) is 8.38. The van der Waals surface area contributed by atoms with Crippen molar-refractivity contribution >= 4 is 36.2 Å². The molecule has 0 fully saturated rings. The van der Waals surface area contributed by atoms with E-state index in [-0.39, 0.29) is 11.3 Å². The number of hydrogen-bond donors (Lipinski definition) is 2. The van der Waals surface area contributed by atoms with Crippen molar-refractivity contribution in [2.75, 3.05) is 0 Å². The van der Waals surface area contributed by atoms with Gasteiger partial charge >= 0.3 is 6.18 Å². The number of H-pyrrole nitrogens is 1. The Labute approximate surface area is 115 Å². The molecule has 0 aliphatic rings. The fraction of sp³-hybridized carbons (Fsp3) is 0.200. The maximum Gasteiger partial charge on any atom is 0.417 e. The summed E-state index contributed by atoms with van der Waals surface area (Å²) in [7, 11) is 0. The molecule has 0 unspecified atom stereocenters. The molecule has 0 radical (unpaired) electrons. The molecular weight excluding hydrogens is 301 g/mol. The van der Waals surface area contributed by atoms with Crippen molar-refractivity contribution in [3.8, 4) is 0 Å². The van der Waals surface area contributed by atoms with Crippen LogP contribution < -0.4 is 0 Å². The quantitative estimate of drug-likeness (QED) is 0.646. The number of thiol groups is 1. The average molecular weight is 308 g/mol. The van der Waals surface area contributed by atoms with Gasteiger partial charge in [-0.15, -0.1) is 12.6 Å². The summed E-state index contributed by atoms with van der Waals surface area (Å²) >= 11 is 10.1. The zero-order valence-electron chi connectivity index (χ0n) is 8.78. The maximum absolute atomic E-state index is 12.7. The molecule has 0 saturated heterocycles. The second-order valence-electron chi connectivity index (χ2n) is 3.49. The Kier molecular flexibility index (Phi) is 3.79. The van der Waals surface area contributed by atoms with E-state index < -0.39 is 11.7 Å². The van der Waals surface area contributed by atoms with E-state index in [0.29, 0.717) is 14.5 Å². The fourth-order valence-corrected chi connectivity index (χ4v) is 2.78. The molecule has 1 N–H and O–H groups in total. The van der Waals surface area contributed by atoms with E-state index >= 15 is 0 Å². The summed E-state index contributed by atoms with van der Waals surface area (Å²) in [6, 6.07) is 3.98. The number of nitrogens with zero attached hydrogens (tertiary/aromatic N) is 1. The van der Waals surface area contributed by atoms with Crippen LogP contribution in [0.2, 0.25) is 0 Å². The van der Waals surface area contributed by atoms with Crippen molar-refractivity contribution in [2.24, 2.45) is 0 Å². The van der Waals surface area contributed by atoms with E-state index in [4.69, 9.17) is 12.2 Å². The summed E-state index contributed by atoms with van der Waals surface area (Å²) in [4.78, 5) is -0.0638. The highest BCUT2D eigenvalue weighted by atomic mass is 32.1. The van der Waals surface area contributed by atoms with E-state index in [1.165, 1.54) is 17.4 Å². The molecule has 2 rings (SSSR count). The lowest BCUT2D eigenvalue weighted by Gasteiger charge is -2.12. The first kappa shape index (κ1) is 13.6. The van der Waals surface area contributed by atoms with Gasteiger partial charge in [0.05, 0.1) is 5.56 Å². The van der Waals surface area contributed by atoms with Crippen LogP contribution >= 0.6 is 36.2 Å². The standard InChI is InChI=1S/C10H7F3N2S3/c11-10(12,13)6-3-1-2-5(8(6)16)4-7-14-15-9(17)18-7/h1-3,16H,4H2,(H,15,17). The van der Waals surface area contributed by atoms with Crippen LogP contribution in [-0.2, 0) is 12.6 Å². The molecule has 1 aromatic heterocycles. The normalized spacial score (nSPS) is 11.8. The van der Waals surface area contributed by atoms with Crippen LogP contribution in [0.5, 0.6) is 0 Å². The first-order valence-electron chi connectivity index (χ1n) is 4.80. The number of aromatic amines is 1. The molecule has 0 bridgehead atoms. The minimum atomic E-state index is -4.40. The minimum absolute atomic E-state index is 0.0638. The van der Waals surface area contributed by atoms with E-state index in [2.05, 4.69) is 22.8 Å². The van der Waals surface area contributed by atoms with E-state index in [1.807, 2.05) is 0 Å². The van der Waals surface area contributed by atoms with Crippen molar-refractivity contribution in [1.29, 1.82) is 0 Å². The third-order valence-electron chi connectivity index (χ3n) is 2.25. The van der Waals surface area contributed by atoms with Crippen molar-refractivity contribution in [3.63, 3.8) is 0 Å². The Morgan fingerprint density at radius 3 is 2.67 bits per heavy atom. The van der Waals surface area contributed by atoms with Gasteiger partial charge in [0.25, 0.3) is 0 Å². The van der Waals surface area contributed by atoms with Gasteiger partial charge in [-0.2, -0.15) is 18.3 Å². The summed E-state index contributed by atoms with van der Waals surface area (Å²) in [5, 5.41) is 7.14. The third kappa shape index (κ3) is 2.93. The van der Waals surface area contributed by atoms with Crippen molar-refractivity contribution < 1.29 is 13.2 Å². The Balaban J connectivity index is 2.38. The zero-order valence-corrected chi connectivity index (χ0v) is 11.3. The molecule has 2 nitrogen and oxygen atoms in total. The van der Waals surface area contributed by atoms with Gasteiger partial charge in [-0.1, -0.05) is 23.5 Å². The predicted molar refractivity (Wildman–Crippen MR) is 68.8 cm³/mol. The van der Waals surface area contributed by atoms with Gasteiger partial charge < -0.3 is 0 Å². The molecule has 2 aromatic rings. The third-order valence-corrected chi connectivity index (χ3v) is 3.87. The SMILES string of the molecule is FC(F)(F)c1cccc(Cc2n[nH]c(=S)s2)c1S. The largest absolute Gasteiger partial charge is 0.417 e. The number of halogens is 3. The summed E-state index contributed by atoms with van der Waals surface area (Å²) < 4.78 is 38.6. The second-order valence-corrected chi connectivity index (χ2v) is 5.69. The van der Waals surface area contributed by atoms with Gasteiger partial charge in [-0.25, -0.2) is 0 Å². The lowest BCUT2D eigenvalue weighted by molar-refractivity contribution is -0.139. The van der Waals surface area contributed by atoms with Crippen LogP contribution in [0.15, 0.2) is 23.1 Å². The Morgan fingerprint density at radius 2 is 2.11 bits per heavy atom. The highest BCUT2D eigenvalue weighted by Gasteiger charge is 2.33. The Morgan fingerprint density at radius 1 is 1.39 bits per heavy atom. The van der Waals surface area contributed by atoms with E-state index in [9.17, 15) is 13.2 Å². The van der Waals surface area contributed by atoms with Crippen LogP contribution in [0.1, 0.15) is 16.1 Å². The summed E-state index contributed by atoms with van der Waals surface area (Å²) in [6.07, 6.45) is -4.12. The molecule has 1 aromatic carbocycles. The Hall–Kier alpha value is -0.860. The van der Waals surface area contributed by atoms with Gasteiger partial charge in [0, 0.05) is 11.3 Å². The molecule has 8 heteroatoms. The number of rotatable bonds is 2. The maximum atomic E-state index is 12.7. The van der Waals surface area contributed by atoms with Crippen molar-refractivity contribution in [1.82, 2.24) is 10.2 Å². The predicted octanol–water partition coefficient (Wildman–Crippen LogP) is 4.10. The number of hydrogen-bond acceptors (Lipinski definition) is 4. The molecule has 0 atom stereocenters. The molecule has 0 aliphatic heterocycles. The van der Waals surface area contributed by atoms with Crippen molar-refractivity contribution in [2.45, 2.75) is 17.5 Å². The summed E-state index contributed by atoms with van der Waals surface area (Å²) in [6.45, 7) is 0. The van der Waals surface area contributed by atoms with Gasteiger partial charge in [0.15, 0.2) is 3.95 Å². The van der Waals surface area contributed by atoms with Crippen LogP contribution in [0.25, 0.3) is 0 Å². The fourth-order valence-electron chi connectivity index (χ4n) is 1.46. The molecule has 18 heavy (non-hydrogen) atoms. The van der Waals surface area contributed by atoms with Crippen LogP contribution in [0.4, 0.5) is 13.2 Å². The molecule has 0 amide bonds. The Bertz CT molecular complexity index is 615. The smallest absolute Gasteiger partial charge is 0.258 e. The molecule has 0 aliphatic carbocycles. The topological polar surface area (TPSA) is 28.7 Å². The molecule has 1 heterocycles. The number of nitrogens with one attached hydrogen (secondary N) is 1. The number of alkyl halides is 3. The molecular formula is C10H7F3N2S3. The van der Waals surface area contributed by atoms with Crippen LogP contribution in [0.3, 0.4) is 0 Å². The minimum Gasteiger partial charge on any atom is -0.258 e. The molecule has 0 saturated carbocycles. The highest BCUT2D eigenvalue weighted by Crippen LogP contribution is 2.35. The summed E-state index contributed by atoms with van der Waals surface area (Å²) in [5.41, 5.74) is -0.256. The van der Waals surface area contributed by atoms with Gasteiger partial charge in [0.2, 0.25) is 0 Å². The van der Waals surface area contributed by atoms with Crippen LogP contribution in [0, 0.1) is 3.95 Å². The van der Waals surface area contributed by atoms with Crippen molar-refractivity contribution in [3.05, 3.63) is 38.3 Å². The lowest BCUT2D eigenvalue weighted by atomic mass is 10.1. The van der Waals surface area contributed by atoms with Gasteiger partial charge in [0.1, 0.15) is 5.01 Å². The highest BCUT2D eigenvalue weighted by molar-refractivity contribution is 7.80. The van der Waals surface area contributed by atoms with Gasteiger partial charge in [-0.05, 0) is 23.8 Å². The monoisotopic (exact) mass is 308 g/mol. The average Bonchev–Trinajstić information content (AvgIpc) is 2.65. The number of benzene rings is 1. The van der Waals surface area contributed by atoms with E-state index in [0.717, 1.165) is 6.07 Å². The van der Waals surface area contributed by atoms with Gasteiger partial charge in [-0.3, -0.25) is 5.10 Å². The molecule has 0 spiro atoms. The second kappa shape index (κ2) is 5.02. The zero-order chi connectivity index (χ0) is 13.3. The number of aromatic nitrogens is 2. The van der Waals surface area contributed by atoms with Crippen LogP contribution in [-0.4, -0.2) is 10.2 Å². The first-order valence-corrected chi connectivity index (χ1v) is 6.47. The summed E-state index contributed by atoms with van der Waals surface area (Å²) in [5.74, 6) is 0.